The number of nitrogens with one attached hydrogen (secondary N) is 2. The number of ether oxygens (including phenoxy) is 6. The summed E-state index contributed by atoms with van der Waals surface area (Å²) in [6.45, 7) is 21.7. The SMILES string of the molecule is CC(C)[C@H](CC(=O)OC(C)(C)C)C(=O)O[C@@H]1[C@H](OC(=O)[C@@H](NC(=O)OC(C)(C)C)C(C)C)[C@@H](COC(c2ccccc2)(c2ccccc2)c2ccccc2)N(C(=O)OC(C)(C)C)[C@H]1c1c[nH]c2c(N=[N+]=[N-])ncnc12. The van der Waals surface area contributed by atoms with E-state index in [2.05, 4.69) is 30.3 Å². The molecule has 1 aliphatic rings. The van der Waals surface area contributed by atoms with Crippen molar-refractivity contribution in [3.05, 3.63) is 136 Å². The molecular weight excluding hydrogens is 961 g/mol. The molecule has 0 spiro atoms. The van der Waals surface area contributed by atoms with Gasteiger partial charge in [0, 0.05) is 16.7 Å². The fourth-order valence-corrected chi connectivity index (χ4v) is 9.05. The smallest absolute Gasteiger partial charge is 0.411 e. The maximum absolute atomic E-state index is 15.4. The third-order valence-corrected chi connectivity index (χ3v) is 12.2. The lowest BCUT2D eigenvalue weighted by atomic mass is 9.80. The Morgan fingerprint density at radius 2 is 1.23 bits per heavy atom. The number of carbonyl (C=O) groups excluding carboxylic acids is 5. The lowest BCUT2D eigenvalue weighted by Gasteiger charge is -2.39. The highest BCUT2D eigenvalue weighted by Crippen LogP contribution is 2.47. The van der Waals surface area contributed by atoms with Gasteiger partial charge in [-0.25, -0.2) is 24.4 Å². The summed E-state index contributed by atoms with van der Waals surface area (Å²) in [7, 11) is 0. The van der Waals surface area contributed by atoms with Crippen LogP contribution in [0.5, 0.6) is 0 Å². The molecule has 0 aliphatic carbocycles. The number of likely N-dealkylation sites (tertiary alicyclic amines) is 1. The summed E-state index contributed by atoms with van der Waals surface area (Å²) < 4.78 is 38.2. The molecule has 3 heterocycles. The minimum Gasteiger partial charge on any atom is -0.460 e. The van der Waals surface area contributed by atoms with Crippen molar-refractivity contribution in [2.24, 2.45) is 22.9 Å². The monoisotopic (exact) mass is 1030 g/mol. The highest BCUT2D eigenvalue weighted by atomic mass is 16.6. The fourth-order valence-electron chi connectivity index (χ4n) is 9.05. The second-order valence-corrected chi connectivity index (χ2v) is 22.2. The molecule has 19 heteroatoms. The van der Waals surface area contributed by atoms with Crippen molar-refractivity contribution in [2.45, 2.75) is 149 Å². The predicted molar refractivity (Wildman–Crippen MR) is 279 cm³/mol. The molecule has 19 nitrogen and oxygen atoms in total. The quantitative estimate of drug-likeness (QED) is 0.0220. The van der Waals surface area contributed by atoms with Crippen LogP contribution in [0.2, 0.25) is 0 Å². The molecule has 0 radical (unpaired) electrons. The van der Waals surface area contributed by atoms with E-state index in [-0.39, 0.29) is 28.8 Å². The number of amides is 2. The Kier molecular flexibility index (Phi) is 17.7. The first-order chi connectivity index (χ1) is 35.2. The molecule has 1 aliphatic heterocycles. The normalized spacial score (nSPS) is 17.9. The summed E-state index contributed by atoms with van der Waals surface area (Å²) in [4.78, 5) is 88.6. The molecule has 1 fully saturated rings. The molecule has 75 heavy (non-hydrogen) atoms. The number of fused-ring (bicyclic) bond motifs is 1. The van der Waals surface area contributed by atoms with E-state index in [1.807, 2.05) is 91.0 Å². The van der Waals surface area contributed by atoms with Gasteiger partial charge in [0.05, 0.1) is 30.0 Å². The summed E-state index contributed by atoms with van der Waals surface area (Å²) in [5, 5.41) is 6.43. The highest BCUT2D eigenvalue weighted by Gasteiger charge is 2.59. The van der Waals surface area contributed by atoms with Gasteiger partial charge >= 0.3 is 30.1 Å². The Bertz CT molecular complexity index is 2740. The Morgan fingerprint density at radius 3 is 1.71 bits per heavy atom. The van der Waals surface area contributed by atoms with Crippen LogP contribution in [0, 0.1) is 17.8 Å². The van der Waals surface area contributed by atoms with Crippen LogP contribution in [0.3, 0.4) is 0 Å². The van der Waals surface area contributed by atoms with Gasteiger partial charge in [-0.15, -0.1) is 0 Å². The summed E-state index contributed by atoms with van der Waals surface area (Å²) in [6, 6.07) is 24.3. The lowest BCUT2D eigenvalue weighted by Crippen LogP contribution is -2.52. The molecule has 2 aromatic heterocycles. The summed E-state index contributed by atoms with van der Waals surface area (Å²) >= 11 is 0. The number of hydrogen-bond donors (Lipinski definition) is 2. The fraction of sp³-hybridized carbons (Fsp3) is 0.482. The minimum atomic E-state index is -1.63. The summed E-state index contributed by atoms with van der Waals surface area (Å²) in [5.74, 6) is -4.76. The number of esters is 3. The maximum Gasteiger partial charge on any atom is 0.411 e. The van der Waals surface area contributed by atoms with Crippen molar-refractivity contribution in [3.63, 3.8) is 0 Å². The molecule has 6 rings (SSSR count). The summed E-state index contributed by atoms with van der Waals surface area (Å²) in [6.07, 6.45) is -2.77. The molecule has 2 amide bonds. The van der Waals surface area contributed by atoms with Crippen LogP contribution in [0.4, 0.5) is 15.4 Å². The van der Waals surface area contributed by atoms with E-state index in [0.717, 1.165) is 0 Å². The Hall–Kier alpha value is -7.50. The molecule has 400 valence electrons. The molecule has 0 unspecified atom stereocenters. The van der Waals surface area contributed by atoms with Crippen molar-refractivity contribution in [2.75, 3.05) is 6.61 Å². The van der Waals surface area contributed by atoms with Crippen LogP contribution < -0.4 is 5.32 Å². The zero-order chi connectivity index (χ0) is 55.0. The van der Waals surface area contributed by atoms with Crippen molar-refractivity contribution in [1.29, 1.82) is 0 Å². The topological polar surface area (TPSA) is 246 Å². The third kappa shape index (κ3) is 13.8. The van der Waals surface area contributed by atoms with Gasteiger partial charge in [-0.1, -0.05) is 119 Å². The first kappa shape index (κ1) is 56.8. The van der Waals surface area contributed by atoms with Crippen LogP contribution >= 0.6 is 0 Å². The van der Waals surface area contributed by atoms with Crippen molar-refractivity contribution in [1.82, 2.24) is 25.2 Å². The number of rotatable bonds is 17. The molecule has 6 atom stereocenters. The van der Waals surface area contributed by atoms with Gasteiger partial charge in [0.25, 0.3) is 0 Å². The van der Waals surface area contributed by atoms with Gasteiger partial charge in [0.15, 0.2) is 18.0 Å². The number of benzene rings is 3. The van der Waals surface area contributed by atoms with Crippen LogP contribution in [0.1, 0.15) is 125 Å². The molecule has 2 N–H and O–H groups in total. The lowest BCUT2D eigenvalue weighted by molar-refractivity contribution is -0.176. The van der Waals surface area contributed by atoms with Gasteiger partial charge < -0.3 is 38.7 Å². The van der Waals surface area contributed by atoms with Crippen LogP contribution in [-0.4, -0.2) is 97.6 Å². The number of aromatic nitrogens is 3. The van der Waals surface area contributed by atoms with Crippen molar-refractivity contribution >= 4 is 46.9 Å². The first-order valence-electron chi connectivity index (χ1n) is 25.1. The standard InChI is InChI=1S/C56H70N8O11/c1-33(2)38(29-41(65)73-53(5,6)7)49(66)72-47-45(39-30-58-44-43(39)59-32-60-48(44)62-63-57)64(52(69)75-55(11,12)13)40(46(47)71-50(67)42(34(3)4)61-51(68)74-54(8,9)10)31-70-56(35-23-17-14-18-24-35,36-25-19-15-20-26-36)37-27-21-16-22-28-37/h14-28,30,32-34,38,40,42,45-47,58H,29,31H2,1-13H3,(H,61,68)/t38-,40+,42-,45-,46+,47-/m0/s1. The number of hydrogen-bond acceptors (Lipinski definition) is 14. The second-order valence-electron chi connectivity index (χ2n) is 22.2. The maximum atomic E-state index is 15.4. The van der Waals surface area contributed by atoms with Crippen molar-refractivity contribution in [3.8, 4) is 0 Å². The first-order valence-corrected chi connectivity index (χ1v) is 25.1. The number of alkyl carbamates (subject to hydrolysis) is 1. The van der Waals surface area contributed by atoms with E-state index in [1.54, 1.807) is 90.0 Å². The molecule has 0 bridgehead atoms. The minimum absolute atomic E-state index is 0.0736. The van der Waals surface area contributed by atoms with E-state index in [4.69, 9.17) is 28.4 Å². The predicted octanol–water partition coefficient (Wildman–Crippen LogP) is 10.9. The van der Waals surface area contributed by atoms with Gasteiger partial charge in [-0.3, -0.25) is 14.5 Å². The molecule has 1 saturated heterocycles. The van der Waals surface area contributed by atoms with Gasteiger partial charge in [0.1, 0.15) is 46.9 Å². The number of H-pyrrole nitrogens is 1. The average Bonchev–Trinajstić information content (AvgIpc) is 3.88. The zero-order valence-electron chi connectivity index (χ0n) is 45.0. The zero-order valence-corrected chi connectivity index (χ0v) is 45.0. The van der Waals surface area contributed by atoms with Gasteiger partial charge in [-0.2, -0.15) is 0 Å². The van der Waals surface area contributed by atoms with E-state index in [0.29, 0.717) is 16.7 Å². The molecule has 5 aromatic rings. The number of carbonyl (C=O) groups is 5. The number of nitrogens with zero attached hydrogens (tertiary/aromatic N) is 6. The largest absolute Gasteiger partial charge is 0.460 e. The summed E-state index contributed by atoms with van der Waals surface area (Å²) in [5.41, 5.74) is 7.87. The Labute approximate surface area is 438 Å². The van der Waals surface area contributed by atoms with Crippen LogP contribution in [0.25, 0.3) is 21.5 Å². The average molecular weight is 1030 g/mol. The van der Waals surface area contributed by atoms with E-state index in [1.165, 1.54) is 17.4 Å². The molecule has 3 aromatic carbocycles. The Balaban J connectivity index is 1.65. The number of azide groups is 1. The van der Waals surface area contributed by atoms with E-state index in [9.17, 15) is 15.1 Å². The van der Waals surface area contributed by atoms with Crippen molar-refractivity contribution < 1.29 is 52.4 Å². The third-order valence-electron chi connectivity index (χ3n) is 12.2. The van der Waals surface area contributed by atoms with E-state index >= 15 is 14.4 Å². The van der Waals surface area contributed by atoms with Gasteiger partial charge in [-0.05, 0) is 101 Å². The Morgan fingerprint density at radius 1 is 0.707 bits per heavy atom. The molecular formula is C56H70N8O11. The van der Waals surface area contributed by atoms with E-state index < -0.39 is 107 Å². The second kappa shape index (κ2) is 23.4. The van der Waals surface area contributed by atoms with Crippen LogP contribution in [-0.2, 0) is 48.4 Å². The molecule has 0 saturated carbocycles. The highest BCUT2D eigenvalue weighted by molar-refractivity contribution is 5.88. The van der Waals surface area contributed by atoms with Crippen LogP contribution in [0.15, 0.2) is 109 Å². The number of aromatic amines is 1. The van der Waals surface area contributed by atoms with Gasteiger partial charge in [0.2, 0.25) is 0 Å².